The third-order valence-electron chi connectivity index (χ3n) is 3.23. The topological polar surface area (TPSA) is 53.1 Å². The van der Waals surface area contributed by atoms with Crippen LogP contribution in [0.1, 0.15) is 24.8 Å². The number of ether oxygens (including phenoxy) is 1. The number of rotatable bonds is 6. The summed E-state index contributed by atoms with van der Waals surface area (Å²) in [5, 5.41) is 0. The van der Waals surface area contributed by atoms with Gasteiger partial charge < -0.3 is 15.0 Å². The van der Waals surface area contributed by atoms with Crippen LogP contribution in [0.5, 0.6) is 0 Å². The number of hydrogen-bond acceptors (Lipinski definition) is 3. The zero-order valence-electron chi connectivity index (χ0n) is 11.1. The van der Waals surface area contributed by atoms with Crippen molar-refractivity contribution in [1.29, 1.82) is 0 Å². The van der Waals surface area contributed by atoms with Crippen LogP contribution in [0.3, 0.4) is 0 Å². The Bertz CT molecular complexity index is 519. The highest BCUT2D eigenvalue weighted by atomic mass is 16.5. The predicted octanol–water partition coefficient (Wildman–Crippen LogP) is 2.74. The van der Waals surface area contributed by atoms with Gasteiger partial charge in [0.05, 0.1) is 11.0 Å². The lowest BCUT2D eigenvalue weighted by molar-refractivity contribution is 0.191. The van der Waals surface area contributed by atoms with Gasteiger partial charge in [0.25, 0.3) is 0 Å². The number of methoxy groups -OCH3 is 1. The SMILES string of the molecule is COCCCCCn1c(N)nc2cccc(C)c21. The smallest absolute Gasteiger partial charge is 0.201 e. The lowest BCUT2D eigenvalue weighted by atomic mass is 10.2. The van der Waals surface area contributed by atoms with Crippen LogP contribution in [-0.2, 0) is 11.3 Å². The Morgan fingerprint density at radius 3 is 2.89 bits per heavy atom. The van der Waals surface area contributed by atoms with Crippen molar-refractivity contribution in [2.24, 2.45) is 0 Å². The summed E-state index contributed by atoms with van der Waals surface area (Å²) in [6.45, 7) is 3.86. The number of para-hydroxylation sites is 1. The fourth-order valence-corrected chi connectivity index (χ4v) is 2.30. The number of aryl methyl sites for hydroxylation is 2. The first-order valence-electron chi connectivity index (χ1n) is 6.44. The van der Waals surface area contributed by atoms with E-state index < -0.39 is 0 Å². The maximum Gasteiger partial charge on any atom is 0.201 e. The Labute approximate surface area is 108 Å². The Morgan fingerprint density at radius 2 is 2.11 bits per heavy atom. The van der Waals surface area contributed by atoms with E-state index >= 15 is 0 Å². The van der Waals surface area contributed by atoms with Crippen LogP contribution >= 0.6 is 0 Å². The third-order valence-corrected chi connectivity index (χ3v) is 3.23. The predicted molar refractivity (Wildman–Crippen MR) is 74.6 cm³/mol. The Morgan fingerprint density at radius 1 is 1.28 bits per heavy atom. The van der Waals surface area contributed by atoms with Gasteiger partial charge in [-0.1, -0.05) is 12.1 Å². The molecule has 1 heterocycles. The van der Waals surface area contributed by atoms with Gasteiger partial charge in [0.1, 0.15) is 0 Å². The molecule has 2 rings (SSSR count). The third kappa shape index (κ3) is 2.64. The van der Waals surface area contributed by atoms with Crippen LogP contribution in [0, 0.1) is 6.92 Å². The highest BCUT2D eigenvalue weighted by Crippen LogP contribution is 2.21. The fourth-order valence-electron chi connectivity index (χ4n) is 2.30. The Hall–Kier alpha value is -1.55. The molecule has 18 heavy (non-hydrogen) atoms. The standard InChI is InChI=1S/C14H21N3O/c1-11-7-6-8-12-13(11)17(14(15)16-12)9-4-3-5-10-18-2/h6-8H,3-5,9-10H2,1-2H3,(H2,15,16). The first kappa shape index (κ1) is 12.9. The molecule has 0 aliphatic rings. The highest BCUT2D eigenvalue weighted by molar-refractivity contribution is 5.81. The van der Waals surface area contributed by atoms with E-state index in [1.165, 1.54) is 11.1 Å². The van der Waals surface area contributed by atoms with E-state index in [4.69, 9.17) is 10.5 Å². The molecule has 0 spiro atoms. The summed E-state index contributed by atoms with van der Waals surface area (Å²) in [7, 11) is 1.74. The molecule has 0 bridgehead atoms. The van der Waals surface area contributed by atoms with E-state index in [1.54, 1.807) is 7.11 Å². The van der Waals surface area contributed by atoms with Crippen molar-refractivity contribution in [1.82, 2.24) is 9.55 Å². The molecule has 0 radical (unpaired) electrons. The number of nitrogens with zero attached hydrogens (tertiary/aromatic N) is 2. The van der Waals surface area contributed by atoms with Gasteiger partial charge in [0, 0.05) is 20.3 Å². The minimum atomic E-state index is 0.617. The van der Waals surface area contributed by atoms with Crippen LogP contribution in [0.4, 0.5) is 5.95 Å². The number of imidazole rings is 1. The highest BCUT2D eigenvalue weighted by Gasteiger charge is 2.09. The molecule has 0 fully saturated rings. The van der Waals surface area contributed by atoms with Crippen molar-refractivity contribution < 1.29 is 4.74 Å². The van der Waals surface area contributed by atoms with Crippen LogP contribution in [0.15, 0.2) is 18.2 Å². The van der Waals surface area contributed by atoms with E-state index in [9.17, 15) is 0 Å². The zero-order chi connectivity index (χ0) is 13.0. The number of benzene rings is 1. The number of anilines is 1. The summed E-state index contributed by atoms with van der Waals surface area (Å²) >= 11 is 0. The molecule has 0 aliphatic heterocycles. The van der Waals surface area contributed by atoms with Crippen molar-refractivity contribution in [3.63, 3.8) is 0 Å². The maximum absolute atomic E-state index is 5.99. The van der Waals surface area contributed by atoms with Gasteiger partial charge in [-0.3, -0.25) is 0 Å². The fraction of sp³-hybridized carbons (Fsp3) is 0.500. The molecule has 2 aromatic rings. The van der Waals surface area contributed by atoms with E-state index in [0.29, 0.717) is 5.95 Å². The minimum absolute atomic E-state index is 0.617. The van der Waals surface area contributed by atoms with Crippen molar-refractivity contribution in [3.05, 3.63) is 23.8 Å². The van der Waals surface area contributed by atoms with Crippen molar-refractivity contribution in [2.75, 3.05) is 19.5 Å². The number of aromatic nitrogens is 2. The van der Waals surface area contributed by atoms with Crippen LogP contribution in [0.25, 0.3) is 11.0 Å². The van der Waals surface area contributed by atoms with Gasteiger partial charge in [-0.25, -0.2) is 4.98 Å². The largest absolute Gasteiger partial charge is 0.385 e. The van der Waals surface area contributed by atoms with Gasteiger partial charge in [-0.05, 0) is 37.8 Å². The lowest BCUT2D eigenvalue weighted by Crippen LogP contribution is -2.04. The number of nitrogens with two attached hydrogens (primary N) is 1. The van der Waals surface area contributed by atoms with Crippen molar-refractivity contribution in [3.8, 4) is 0 Å². The average Bonchev–Trinajstić information content (AvgIpc) is 2.67. The quantitative estimate of drug-likeness (QED) is 0.798. The first-order valence-corrected chi connectivity index (χ1v) is 6.44. The molecular weight excluding hydrogens is 226 g/mol. The normalized spacial score (nSPS) is 11.2. The summed E-state index contributed by atoms with van der Waals surface area (Å²) < 4.78 is 7.17. The molecule has 1 aromatic carbocycles. The Kier molecular flexibility index (Phi) is 4.20. The Balaban J connectivity index is 2.10. The van der Waals surface area contributed by atoms with E-state index in [-0.39, 0.29) is 0 Å². The molecule has 0 unspecified atom stereocenters. The average molecular weight is 247 g/mol. The van der Waals surface area contributed by atoms with Crippen molar-refractivity contribution >= 4 is 17.0 Å². The van der Waals surface area contributed by atoms with Gasteiger partial charge in [0.15, 0.2) is 0 Å². The number of hydrogen-bond donors (Lipinski definition) is 1. The van der Waals surface area contributed by atoms with Gasteiger partial charge in [-0.15, -0.1) is 0 Å². The summed E-state index contributed by atoms with van der Waals surface area (Å²) in [5.41, 5.74) is 9.38. The molecule has 2 N–H and O–H groups in total. The molecule has 0 aliphatic carbocycles. The summed E-state index contributed by atoms with van der Waals surface area (Å²) in [6.07, 6.45) is 3.36. The van der Waals surface area contributed by atoms with E-state index in [0.717, 1.165) is 37.9 Å². The van der Waals surface area contributed by atoms with Crippen molar-refractivity contribution in [2.45, 2.75) is 32.7 Å². The molecule has 0 atom stereocenters. The summed E-state index contributed by atoms with van der Waals surface area (Å²) in [4.78, 5) is 4.41. The second-order valence-electron chi connectivity index (χ2n) is 4.62. The van der Waals surface area contributed by atoms with Gasteiger partial charge in [-0.2, -0.15) is 0 Å². The summed E-state index contributed by atoms with van der Waals surface area (Å²) in [6, 6.07) is 6.14. The van der Waals surface area contributed by atoms with Gasteiger partial charge >= 0.3 is 0 Å². The van der Waals surface area contributed by atoms with Crippen LogP contribution in [0.2, 0.25) is 0 Å². The lowest BCUT2D eigenvalue weighted by Gasteiger charge is -2.07. The zero-order valence-corrected chi connectivity index (χ0v) is 11.1. The molecule has 4 nitrogen and oxygen atoms in total. The van der Waals surface area contributed by atoms with E-state index in [1.807, 2.05) is 12.1 Å². The van der Waals surface area contributed by atoms with Crippen LogP contribution in [-0.4, -0.2) is 23.3 Å². The second kappa shape index (κ2) is 5.87. The molecule has 4 heteroatoms. The van der Waals surface area contributed by atoms with Crippen LogP contribution < -0.4 is 5.73 Å². The molecule has 0 amide bonds. The minimum Gasteiger partial charge on any atom is -0.385 e. The molecule has 98 valence electrons. The van der Waals surface area contributed by atoms with E-state index in [2.05, 4.69) is 22.5 Å². The molecule has 0 saturated carbocycles. The van der Waals surface area contributed by atoms with Gasteiger partial charge in [0.2, 0.25) is 5.95 Å². The monoisotopic (exact) mass is 247 g/mol. The molecule has 0 saturated heterocycles. The molecule has 1 aromatic heterocycles. The molecular formula is C14H21N3O. The second-order valence-corrected chi connectivity index (χ2v) is 4.62. The number of fused-ring (bicyclic) bond motifs is 1. The number of nitrogen functional groups attached to an aromatic ring is 1. The number of unbranched alkanes of at least 4 members (excludes halogenated alkanes) is 2. The first-order chi connectivity index (χ1) is 8.74. The summed E-state index contributed by atoms with van der Waals surface area (Å²) in [5.74, 6) is 0.617. The maximum atomic E-state index is 5.99.